The van der Waals surface area contributed by atoms with Crippen molar-refractivity contribution < 1.29 is 0 Å². The van der Waals surface area contributed by atoms with Gasteiger partial charge < -0.3 is 10.6 Å². The highest BCUT2D eigenvalue weighted by Gasteiger charge is 2.18. The van der Waals surface area contributed by atoms with Gasteiger partial charge in [-0.05, 0) is 35.4 Å². The molecule has 0 fully saturated rings. The summed E-state index contributed by atoms with van der Waals surface area (Å²) in [6.07, 6.45) is 2.26. The summed E-state index contributed by atoms with van der Waals surface area (Å²) < 4.78 is 0. The number of fused-ring (bicyclic) bond motifs is 2. The molecule has 0 amide bonds. The Hall–Kier alpha value is -2.14. The minimum atomic E-state index is 0.359. The number of aryl methyl sites for hydroxylation is 1. The molecule has 2 N–H and O–H groups in total. The molecule has 0 spiro atoms. The summed E-state index contributed by atoms with van der Waals surface area (Å²) in [6, 6.07) is 10.8. The van der Waals surface area contributed by atoms with Gasteiger partial charge in [0.1, 0.15) is 10.6 Å². The van der Waals surface area contributed by atoms with Gasteiger partial charge in [-0.15, -0.1) is 11.3 Å². The monoisotopic (exact) mass is 296 g/mol. The van der Waals surface area contributed by atoms with Crippen LogP contribution in [0.1, 0.15) is 17.5 Å². The van der Waals surface area contributed by atoms with E-state index in [4.69, 9.17) is 5.73 Å². The third-order valence-corrected chi connectivity index (χ3v) is 4.78. The highest BCUT2D eigenvalue weighted by atomic mass is 32.1. The number of nitrogens with two attached hydrogens (primary N) is 1. The average Bonchev–Trinajstić information content (AvgIpc) is 2.84. The zero-order chi connectivity index (χ0) is 14.2. The van der Waals surface area contributed by atoms with Crippen molar-refractivity contribution in [3.05, 3.63) is 46.8 Å². The standard InChI is InChI=1S/C16H16N4S/c17-16-18-14(13-7-9-21-15(13)19-16)20-8-3-6-11-4-1-2-5-12(11)10-20/h1-2,4-5,7,9H,3,6,8,10H2,(H2,17,18,19). The number of anilines is 2. The molecule has 0 saturated heterocycles. The largest absolute Gasteiger partial charge is 0.368 e. The SMILES string of the molecule is Nc1nc(N2CCCc3ccccc3C2)c2ccsc2n1. The molecule has 1 aromatic carbocycles. The van der Waals surface area contributed by atoms with E-state index >= 15 is 0 Å². The van der Waals surface area contributed by atoms with Crippen molar-refractivity contribution in [2.24, 2.45) is 0 Å². The summed E-state index contributed by atoms with van der Waals surface area (Å²) in [5.74, 6) is 1.33. The molecule has 0 aliphatic carbocycles. The van der Waals surface area contributed by atoms with Crippen LogP contribution in [-0.4, -0.2) is 16.5 Å². The van der Waals surface area contributed by atoms with Crippen LogP contribution < -0.4 is 10.6 Å². The second-order valence-electron chi connectivity index (χ2n) is 5.34. The molecule has 0 saturated carbocycles. The number of hydrogen-bond donors (Lipinski definition) is 1. The molecule has 5 heteroatoms. The van der Waals surface area contributed by atoms with Crippen LogP contribution in [0.3, 0.4) is 0 Å². The lowest BCUT2D eigenvalue weighted by Gasteiger charge is -2.22. The molecule has 1 aliphatic rings. The van der Waals surface area contributed by atoms with Gasteiger partial charge in [-0.25, -0.2) is 4.98 Å². The van der Waals surface area contributed by atoms with Gasteiger partial charge in [-0.1, -0.05) is 24.3 Å². The van der Waals surface area contributed by atoms with Gasteiger partial charge in [0, 0.05) is 13.1 Å². The summed E-state index contributed by atoms with van der Waals surface area (Å²) in [7, 11) is 0. The molecule has 3 heterocycles. The molecule has 1 aliphatic heterocycles. The van der Waals surface area contributed by atoms with Crippen molar-refractivity contribution >= 4 is 33.3 Å². The summed E-state index contributed by atoms with van der Waals surface area (Å²) in [4.78, 5) is 12.1. The van der Waals surface area contributed by atoms with Gasteiger partial charge in [0.05, 0.1) is 5.39 Å². The van der Waals surface area contributed by atoms with Crippen LogP contribution in [0.25, 0.3) is 10.2 Å². The number of nitrogens with zero attached hydrogens (tertiary/aromatic N) is 3. The minimum absolute atomic E-state index is 0.359. The first kappa shape index (κ1) is 12.6. The zero-order valence-corrected chi connectivity index (χ0v) is 12.4. The average molecular weight is 296 g/mol. The van der Waals surface area contributed by atoms with Crippen LogP contribution in [0, 0.1) is 0 Å². The topological polar surface area (TPSA) is 55.0 Å². The first-order valence-corrected chi connectivity index (χ1v) is 8.02. The fourth-order valence-corrected chi connectivity index (χ4v) is 3.74. The maximum absolute atomic E-state index is 5.88. The maximum Gasteiger partial charge on any atom is 0.223 e. The zero-order valence-electron chi connectivity index (χ0n) is 11.6. The Morgan fingerprint density at radius 3 is 2.86 bits per heavy atom. The predicted molar refractivity (Wildman–Crippen MR) is 87.6 cm³/mol. The van der Waals surface area contributed by atoms with Crippen LogP contribution in [0.2, 0.25) is 0 Å². The Morgan fingerprint density at radius 2 is 1.95 bits per heavy atom. The van der Waals surface area contributed by atoms with Crippen LogP contribution in [-0.2, 0) is 13.0 Å². The molecule has 3 aromatic rings. The molecule has 0 atom stereocenters. The molecule has 106 valence electrons. The normalized spacial score (nSPS) is 15.0. The first-order chi connectivity index (χ1) is 10.3. The van der Waals surface area contributed by atoms with E-state index in [1.807, 2.05) is 5.38 Å². The van der Waals surface area contributed by atoms with E-state index in [0.29, 0.717) is 5.95 Å². The van der Waals surface area contributed by atoms with Gasteiger partial charge in [-0.2, -0.15) is 4.98 Å². The fourth-order valence-electron chi connectivity index (χ4n) is 2.98. The van der Waals surface area contributed by atoms with Gasteiger partial charge >= 0.3 is 0 Å². The number of rotatable bonds is 1. The highest BCUT2D eigenvalue weighted by molar-refractivity contribution is 7.16. The fraction of sp³-hybridized carbons (Fsp3) is 0.250. The number of thiophene rings is 1. The smallest absolute Gasteiger partial charge is 0.223 e. The molecule has 4 nitrogen and oxygen atoms in total. The lowest BCUT2D eigenvalue weighted by molar-refractivity contribution is 0.758. The highest BCUT2D eigenvalue weighted by Crippen LogP contribution is 2.31. The third kappa shape index (κ3) is 2.23. The third-order valence-electron chi connectivity index (χ3n) is 3.98. The summed E-state index contributed by atoms with van der Waals surface area (Å²) in [5.41, 5.74) is 8.71. The molecule has 0 bridgehead atoms. The van der Waals surface area contributed by atoms with E-state index in [1.165, 1.54) is 11.1 Å². The van der Waals surface area contributed by atoms with E-state index < -0.39 is 0 Å². The number of hydrogen-bond acceptors (Lipinski definition) is 5. The quantitative estimate of drug-likeness (QED) is 0.749. The summed E-state index contributed by atoms with van der Waals surface area (Å²) in [5, 5.41) is 3.15. The van der Waals surface area contributed by atoms with E-state index in [1.54, 1.807) is 11.3 Å². The molecule has 21 heavy (non-hydrogen) atoms. The maximum atomic E-state index is 5.88. The van der Waals surface area contributed by atoms with E-state index in [9.17, 15) is 0 Å². The first-order valence-electron chi connectivity index (χ1n) is 7.14. The second-order valence-corrected chi connectivity index (χ2v) is 6.23. The summed E-state index contributed by atoms with van der Waals surface area (Å²) >= 11 is 1.61. The van der Waals surface area contributed by atoms with E-state index in [0.717, 1.165) is 42.0 Å². The van der Waals surface area contributed by atoms with E-state index in [-0.39, 0.29) is 0 Å². The lowest BCUT2D eigenvalue weighted by Crippen LogP contribution is -2.24. The van der Waals surface area contributed by atoms with Gasteiger partial charge in [0.25, 0.3) is 0 Å². The predicted octanol–water partition coefficient (Wildman–Crippen LogP) is 3.23. The summed E-state index contributed by atoms with van der Waals surface area (Å²) in [6.45, 7) is 1.88. The van der Waals surface area contributed by atoms with Gasteiger partial charge in [0.15, 0.2) is 0 Å². The van der Waals surface area contributed by atoms with Crippen molar-refractivity contribution in [1.29, 1.82) is 0 Å². The molecular formula is C16H16N4S. The number of nitrogen functional groups attached to an aromatic ring is 1. The van der Waals surface area contributed by atoms with Gasteiger partial charge in [-0.3, -0.25) is 0 Å². The van der Waals surface area contributed by atoms with Crippen LogP contribution in [0.4, 0.5) is 11.8 Å². The van der Waals surface area contributed by atoms with Crippen molar-refractivity contribution in [3.63, 3.8) is 0 Å². The number of aromatic nitrogens is 2. The Labute approximate surface area is 127 Å². The van der Waals surface area contributed by atoms with Crippen molar-refractivity contribution in [2.75, 3.05) is 17.2 Å². The Bertz CT molecular complexity index is 796. The van der Waals surface area contributed by atoms with Crippen LogP contribution in [0.5, 0.6) is 0 Å². The molecule has 2 aromatic heterocycles. The minimum Gasteiger partial charge on any atom is -0.368 e. The second kappa shape index (κ2) is 5.00. The van der Waals surface area contributed by atoms with Crippen molar-refractivity contribution in [2.45, 2.75) is 19.4 Å². The molecule has 0 unspecified atom stereocenters. The van der Waals surface area contributed by atoms with E-state index in [2.05, 4.69) is 45.2 Å². The van der Waals surface area contributed by atoms with Crippen molar-refractivity contribution in [3.8, 4) is 0 Å². The Kier molecular flexibility index (Phi) is 3.00. The number of benzene rings is 1. The van der Waals surface area contributed by atoms with Crippen molar-refractivity contribution in [1.82, 2.24) is 9.97 Å². The van der Waals surface area contributed by atoms with Crippen LogP contribution >= 0.6 is 11.3 Å². The molecule has 0 radical (unpaired) electrons. The Balaban J connectivity index is 1.80. The van der Waals surface area contributed by atoms with Crippen LogP contribution in [0.15, 0.2) is 35.7 Å². The molecular weight excluding hydrogens is 280 g/mol. The van der Waals surface area contributed by atoms with Gasteiger partial charge in [0.2, 0.25) is 5.95 Å². The Morgan fingerprint density at radius 1 is 1.10 bits per heavy atom. The molecule has 4 rings (SSSR count). The lowest BCUT2D eigenvalue weighted by atomic mass is 10.0.